The molecule has 0 aliphatic heterocycles. The van der Waals surface area contributed by atoms with Crippen LogP contribution < -0.4 is 0 Å². The molecule has 0 heterocycles. The molecule has 0 spiro atoms. The molecule has 1 rings (SSSR count). The third-order valence-electron chi connectivity index (χ3n) is 3.61. The van der Waals surface area contributed by atoms with Gasteiger partial charge < -0.3 is 10.0 Å². The normalized spacial score (nSPS) is 16.0. The molecule has 1 N–H and O–H groups in total. The van der Waals surface area contributed by atoms with Crippen molar-refractivity contribution in [1.82, 2.24) is 4.90 Å². The summed E-state index contributed by atoms with van der Waals surface area (Å²) in [6.45, 7) is 9.02. The Kier molecular flexibility index (Phi) is 4.00. The van der Waals surface area contributed by atoms with Crippen LogP contribution in [-0.4, -0.2) is 30.6 Å². The summed E-state index contributed by atoms with van der Waals surface area (Å²) in [5, 5.41) is 10.9. The van der Waals surface area contributed by atoms with Gasteiger partial charge in [-0.05, 0) is 33.5 Å². The zero-order valence-electron chi connectivity index (χ0n) is 11.9. The number of aryl methyl sites for hydroxylation is 1. The van der Waals surface area contributed by atoms with E-state index in [9.17, 15) is 5.11 Å². The molecule has 17 heavy (non-hydrogen) atoms. The maximum atomic E-state index is 10.9. The first kappa shape index (κ1) is 14.2. The third kappa shape index (κ3) is 3.08. The molecule has 2 nitrogen and oxygen atoms in total. The average molecular weight is 235 g/mol. The molecule has 1 atom stereocenters. The second-order valence-electron chi connectivity index (χ2n) is 6.06. The maximum Gasteiger partial charge on any atom is 0.0931 e. The molecule has 0 radical (unpaired) electrons. The van der Waals surface area contributed by atoms with Crippen LogP contribution in [0.2, 0.25) is 0 Å². The number of aliphatic hydroxyl groups is 1. The zero-order valence-corrected chi connectivity index (χ0v) is 11.9. The van der Waals surface area contributed by atoms with Crippen LogP contribution in [0.5, 0.6) is 0 Å². The highest BCUT2D eigenvalue weighted by atomic mass is 16.3. The van der Waals surface area contributed by atoms with E-state index in [-0.39, 0.29) is 5.41 Å². The number of hydrogen-bond acceptors (Lipinski definition) is 2. The highest BCUT2D eigenvalue weighted by Gasteiger charge is 2.40. The van der Waals surface area contributed by atoms with Crippen molar-refractivity contribution in [2.75, 3.05) is 20.6 Å². The second-order valence-corrected chi connectivity index (χ2v) is 6.06. The lowest BCUT2D eigenvalue weighted by molar-refractivity contribution is -0.0676. The fourth-order valence-electron chi connectivity index (χ4n) is 2.28. The highest BCUT2D eigenvalue weighted by molar-refractivity contribution is 5.28. The number of rotatable bonds is 4. The van der Waals surface area contributed by atoms with Gasteiger partial charge in [-0.2, -0.15) is 0 Å². The first-order valence-corrected chi connectivity index (χ1v) is 6.11. The summed E-state index contributed by atoms with van der Waals surface area (Å²) in [4.78, 5) is 2.12. The smallest absolute Gasteiger partial charge is 0.0931 e. The maximum absolute atomic E-state index is 10.9. The van der Waals surface area contributed by atoms with Crippen LogP contribution in [0.4, 0.5) is 0 Å². The van der Waals surface area contributed by atoms with Crippen LogP contribution >= 0.6 is 0 Å². The summed E-state index contributed by atoms with van der Waals surface area (Å²) >= 11 is 0. The van der Waals surface area contributed by atoms with E-state index in [1.807, 2.05) is 33.2 Å². The number of nitrogens with zero attached hydrogens (tertiary/aromatic N) is 1. The fraction of sp³-hybridized carbons (Fsp3) is 0.600. The minimum absolute atomic E-state index is 0.204. The number of hydrogen-bond donors (Lipinski definition) is 1. The molecule has 0 aliphatic carbocycles. The van der Waals surface area contributed by atoms with Gasteiger partial charge in [-0.1, -0.05) is 43.7 Å². The van der Waals surface area contributed by atoms with E-state index in [4.69, 9.17) is 0 Å². The molecule has 0 saturated heterocycles. The van der Waals surface area contributed by atoms with E-state index in [0.29, 0.717) is 0 Å². The van der Waals surface area contributed by atoms with E-state index in [2.05, 4.69) is 37.8 Å². The summed E-state index contributed by atoms with van der Waals surface area (Å²) in [5.41, 5.74) is 1.14. The van der Waals surface area contributed by atoms with Crippen molar-refractivity contribution in [2.24, 2.45) is 5.41 Å². The van der Waals surface area contributed by atoms with E-state index < -0.39 is 5.60 Å². The van der Waals surface area contributed by atoms with Crippen LogP contribution in [0.15, 0.2) is 24.3 Å². The van der Waals surface area contributed by atoms with Gasteiger partial charge in [0.1, 0.15) is 0 Å². The van der Waals surface area contributed by atoms with Crippen LogP contribution in [0.25, 0.3) is 0 Å². The first-order valence-electron chi connectivity index (χ1n) is 6.11. The van der Waals surface area contributed by atoms with Crippen molar-refractivity contribution in [2.45, 2.75) is 33.3 Å². The van der Waals surface area contributed by atoms with Gasteiger partial charge in [-0.25, -0.2) is 0 Å². The van der Waals surface area contributed by atoms with E-state index in [0.717, 1.165) is 12.1 Å². The summed E-state index contributed by atoms with van der Waals surface area (Å²) in [5.74, 6) is 0. The van der Waals surface area contributed by atoms with Gasteiger partial charge in [0.25, 0.3) is 0 Å². The second kappa shape index (κ2) is 4.79. The lowest BCUT2D eigenvalue weighted by Gasteiger charge is -2.42. The van der Waals surface area contributed by atoms with E-state index >= 15 is 0 Å². The fourth-order valence-corrected chi connectivity index (χ4v) is 2.28. The predicted molar refractivity (Wildman–Crippen MR) is 73.1 cm³/mol. The van der Waals surface area contributed by atoms with Gasteiger partial charge >= 0.3 is 0 Å². The molecule has 0 fully saturated rings. The summed E-state index contributed by atoms with van der Waals surface area (Å²) in [7, 11) is 4.07. The Labute approximate surface area is 105 Å². The average Bonchev–Trinajstić information content (AvgIpc) is 2.15. The molecular weight excluding hydrogens is 210 g/mol. The van der Waals surface area contributed by atoms with Crippen molar-refractivity contribution in [3.63, 3.8) is 0 Å². The Morgan fingerprint density at radius 3 is 2.24 bits per heavy atom. The van der Waals surface area contributed by atoms with Crippen molar-refractivity contribution in [1.29, 1.82) is 0 Å². The van der Waals surface area contributed by atoms with Crippen molar-refractivity contribution < 1.29 is 5.11 Å². The molecule has 2 heteroatoms. The molecule has 1 aromatic carbocycles. The number of benzene rings is 1. The molecule has 0 aromatic heterocycles. The lowest BCUT2D eigenvalue weighted by Crippen LogP contribution is -2.45. The SMILES string of the molecule is Cc1cccc([C@](C)(O)C(C)(C)CN(C)C)c1. The quantitative estimate of drug-likeness (QED) is 0.867. The van der Waals surface area contributed by atoms with Gasteiger partial charge in [0.05, 0.1) is 5.60 Å². The monoisotopic (exact) mass is 235 g/mol. The minimum atomic E-state index is -0.830. The van der Waals surface area contributed by atoms with Crippen LogP contribution in [0.3, 0.4) is 0 Å². The van der Waals surface area contributed by atoms with Gasteiger partial charge in [-0.15, -0.1) is 0 Å². The Bertz CT molecular complexity index is 380. The molecule has 1 aromatic rings. The molecule has 0 unspecified atom stereocenters. The molecule has 96 valence electrons. The minimum Gasteiger partial charge on any atom is -0.385 e. The molecule has 0 amide bonds. The lowest BCUT2D eigenvalue weighted by atomic mass is 9.71. The van der Waals surface area contributed by atoms with Crippen molar-refractivity contribution in [3.05, 3.63) is 35.4 Å². The molecular formula is C15H25NO. The molecule has 0 bridgehead atoms. The highest BCUT2D eigenvalue weighted by Crippen LogP contribution is 2.39. The zero-order chi connectivity index (χ0) is 13.3. The predicted octanol–water partition coefficient (Wildman–Crippen LogP) is 2.79. The standard InChI is InChI=1S/C15H25NO/c1-12-8-7-9-13(10-12)15(4,17)14(2,3)11-16(5)6/h7-10,17H,11H2,1-6H3/t15-/m0/s1. The Balaban J connectivity index is 3.09. The summed E-state index contributed by atoms with van der Waals surface area (Å²) < 4.78 is 0. The van der Waals surface area contributed by atoms with Crippen LogP contribution in [0, 0.1) is 12.3 Å². The molecule has 0 saturated carbocycles. The van der Waals surface area contributed by atoms with Crippen LogP contribution in [-0.2, 0) is 5.60 Å². The summed E-state index contributed by atoms with van der Waals surface area (Å²) in [6, 6.07) is 8.13. The van der Waals surface area contributed by atoms with Gasteiger partial charge in [0.15, 0.2) is 0 Å². The van der Waals surface area contributed by atoms with Gasteiger partial charge in [0, 0.05) is 12.0 Å². The van der Waals surface area contributed by atoms with E-state index in [1.54, 1.807) is 0 Å². The largest absolute Gasteiger partial charge is 0.385 e. The van der Waals surface area contributed by atoms with Crippen molar-refractivity contribution >= 4 is 0 Å². The van der Waals surface area contributed by atoms with Crippen molar-refractivity contribution in [3.8, 4) is 0 Å². The third-order valence-corrected chi connectivity index (χ3v) is 3.61. The van der Waals surface area contributed by atoms with Gasteiger partial charge in [-0.3, -0.25) is 0 Å². The molecule has 0 aliphatic rings. The van der Waals surface area contributed by atoms with Crippen LogP contribution in [0.1, 0.15) is 31.9 Å². The Morgan fingerprint density at radius 2 is 1.76 bits per heavy atom. The Morgan fingerprint density at radius 1 is 1.18 bits per heavy atom. The summed E-state index contributed by atoms with van der Waals surface area (Å²) in [6.07, 6.45) is 0. The topological polar surface area (TPSA) is 23.5 Å². The Hall–Kier alpha value is -0.860. The van der Waals surface area contributed by atoms with Gasteiger partial charge in [0.2, 0.25) is 0 Å². The first-order chi connectivity index (χ1) is 7.67. The van der Waals surface area contributed by atoms with E-state index in [1.165, 1.54) is 5.56 Å².